The monoisotopic (exact) mass is 315 g/mol. The summed E-state index contributed by atoms with van der Waals surface area (Å²) in [7, 11) is 0. The molecular formula is C14H22BrNS. The molecule has 0 saturated carbocycles. The van der Waals surface area contributed by atoms with Crippen molar-refractivity contribution in [1.29, 1.82) is 0 Å². The van der Waals surface area contributed by atoms with Gasteiger partial charge in [-0.05, 0) is 39.9 Å². The van der Waals surface area contributed by atoms with Crippen LogP contribution in [0.4, 0.5) is 0 Å². The molecule has 0 aliphatic heterocycles. The summed E-state index contributed by atoms with van der Waals surface area (Å²) in [5.41, 5.74) is 6.47. The number of hydrogen-bond donors (Lipinski definition) is 1. The van der Waals surface area contributed by atoms with Crippen molar-refractivity contribution in [3.8, 4) is 0 Å². The Labute approximate surface area is 118 Å². The van der Waals surface area contributed by atoms with Crippen molar-refractivity contribution in [3.63, 3.8) is 0 Å². The van der Waals surface area contributed by atoms with Gasteiger partial charge >= 0.3 is 0 Å². The summed E-state index contributed by atoms with van der Waals surface area (Å²) in [4.78, 5) is 1.27. The second kappa shape index (κ2) is 6.26. The van der Waals surface area contributed by atoms with Crippen molar-refractivity contribution in [2.45, 2.75) is 50.3 Å². The van der Waals surface area contributed by atoms with Gasteiger partial charge in [-0.15, -0.1) is 11.8 Å². The lowest BCUT2D eigenvalue weighted by Crippen LogP contribution is -2.40. The minimum atomic E-state index is 0.204. The van der Waals surface area contributed by atoms with Gasteiger partial charge in [-0.2, -0.15) is 0 Å². The molecule has 0 spiro atoms. The molecule has 1 aromatic carbocycles. The fraction of sp³-hybridized carbons (Fsp3) is 0.571. The Morgan fingerprint density at radius 3 is 2.35 bits per heavy atom. The van der Waals surface area contributed by atoms with Crippen LogP contribution in [0.15, 0.2) is 33.6 Å². The molecule has 1 nitrogen and oxygen atoms in total. The highest BCUT2D eigenvalue weighted by molar-refractivity contribution is 9.10. The summed E-state index contributed by atoms with van der Waals surface area (Å²) in [6.07, 6.45) is 1.01. The average molecular weight is 316 g/mol. The molecule has 1 aromatic rings. The molecule has 0 radical (unpaired) electrons. The zero-order valence-electron chi connectivity index (χ0n) is 11.0. The maximum Gasteiger partial charge on any atom is 0.0311 e. The van der Waals surface area contributed by atoms with Crippen molar-refractivity contribution >= 4 is 27.7 Å². The third kappa shape index (κ3) is 4.31. The highest BCUT2D eigenvalue weighted by Crippen LogP contribution is 2.40. The van der Waals surface area contributed by atoms with Crippen LogP contribution in [0.3, 0.4) is 0 Å². The van der Waals surface area contributed by atoms with Crippen LogP contribution in [0.1, 0.15) is 34.1 Å². The Balaban J connectivity index is 2.91. The second-order valence-corrected chi connectivity index (χ2v) is 7.44. The summed E-state index contributed by atoms with van der Waals surface area (Å²) in [6.45, 7) is 8.94. The fourth-order valence-corrected chi connectivity index (χ4v) is 3.69. The number of hydrogen-bond acceptors (Lipinski definition) is 2. The van der Waals surface area contributed by atoms with Crippen LogP contribution in [-0.2, 0) is 0 Å². The summed E-state index contributed by atoms with van der Waals surface area (Å²) in [6, 6.07) is 8.58. The lowest BCUT2D eigenvalue weighted by molar-refractivity contribution is 0.350. The van der Waals surface area contributed by atoms with E-state index >= 15 is 0 Å². The third-order valence-corrected chi connectivity index (χ3v) is 5.68. The van der Waals surface area contributed by atoms with Crippen molar-refractivity contribution in [1.82, 2.24) is 0 Å². The molecule has 0 bridgehead atoms. The summed E-state index contributed by atoms with van der Waals surface area (Å²) >= 11 is 5.48. The van der Waals surface area contributed by atoms with Gasteiger partial charge in [0.05, 0.1) is 0 Å². The number of thioether (sulfide) groups is 1. The van der Waals surface area contributed by atoms with E-state index in [2.05, 4.69) is 61.8 Å². The molecule has 0 saturated heterocycles. The number of benzene rings is 1. The van der Waals surface area contributed by atoms with E-state index in [9.17, 15) is 0 Å². The van der Waals surface area contributed by atoms with Crippen molar-refractivity contribution in [2.24, 2.45) is 11.1 Å². The molecule has 1 rings (SSSR count). The van der Waals surface area contributed by atoms with Crippen LogP contribution in [0, 0.1) is 5.41 Å². The normalized spacial score (nSPS) is 15.6. The lowest BCUT2D eigenvalue weighted by atomic mass is 9.87. The minimum absolute atomic E-state index is 0.204. The first-order valence-corrected chi connectivity index (χ1v) is 7.70. The molecular weight excluding hydrogens is 294 g/mol. The summed E-state index contributed by atoms with van der Waals surface area (Å²) in [5.74, 6) is 0. The second-order valence-electron chi connectivity index (χ2n) is 5.41. The first-order chi connectivity index (χ1) is 7.86. The molecule has 2 unspecified atom stereocenters. The molecule has 96 valence electrons. The Morgan fingerprint density at radius 2 is 1.88 bits per heavy atom. The SMILES string of the molecule is CCC(N)C(Sc1ccccc1Br)C(C)(C)C. The first kappa shape index (κ1) is 15.1. The first-order valence-electron chi connectivity index (χ1n) is 6.03. The third-order valence-electron chi connectivity index (χ3n) is 2.80. The zero-order chi connectivity index (χ0) is 13.1. The van der Waals surface area contributed by atoms with E-state index in [0.29, 0.717) is 5.25 Å². The van der Waals surface area contributed by atoms with E-state index in [1.807, 2.05) is 17.8 Å². The molecule has 0 fully saturated rings. The zero-order valence-corrected chi connectivity index (χ0v) is 13.4. The number of halogens is 1. The van der Waals surface area contributed by atoms with Crippen molar-refractivity contribution in [3.05, 3.63) is 28.7 Å². The minimum Gasteiger partial charge on any atom is -0.327 e. The molecule has 0 aliphatic carbocycles. The highest BCUT2D eigenvalue weighted by atomic mass is 79.9. The quantitative estimate of drug-likeness (QED) is 0.815. The van der Waals surface area contributed by atoms with Crippen molar-refractivity contribution in [2.75, 3.05) is 0 Å². The van der Waals surface area contributed by atoms with Gasteiger partial charge in [-0.3, -0.25) is 0 Å². The summed E-state index contributed by atoms with van der Waals surface area (Å²) < 4.78 is 1.16. The average Bonchev–Trinajstić information content (AvgIpc) is 2.25. The molecule has 2 N–H and O–H groups in total. The Hall–Kier alpha value is 0.01000. The van der Waals surface area contributed by atoms with Gasteiger partial charge in [0.2, 0.25) is 0 Å². The van der Waals surface area contributed by atoms with E-state index in [1.165, 1.54) is 4.90 Å². The highest BCUT2D eigenvalue weighted by Gasteiger charge is 2.30. The molecule has 0 aliphatic rings. The van der Waals surface area contributed by atoms with Gasteiger partial charge in [0, 0.05) is 20.7 Å². The Morgan fingerprint density at radius 1 is 1.29 bits per heavy atom. The Kier molecular flexibility index (Phi) is 5.55. The van der Waals surface area contributed by atoms with E-state index in [1.54, 1.807) is 0 Å². The standard InChI is InChI=1S/C14H22BrNS/c1-5-11(16)13(14(2,3)4)17-12-9-7-6-8-10(12)15/h6-9,11,13H,5,16H2,1-4H3. The van der Waals surface area contributed by atoms with Crippen LogP contribution >= 0.6 is 27.7 Å². The van der Waals surface area contributed by atoms with Gasteiger partial charge in [-0.1, -0.05) is 39.8 Å². The van der Waals surface area contributed by atoms with Gasteiger partial charge in [0.1, 0.15) is 0 Å². The van der Waals surface area contributed by atoms with E-state index in [-0.39, 0.29) is 11.5 Å². The van der Waals surface area contributed by atoms with Gasteiger partial charge in [0.25, 0.3) is 0 Å². The molecule has 17 heavy (non-hydrogen) atoms. The molecule has 0 aromatic heterocycles. The molecule has 0 amide bonds. The van der Waals surface area contributed by atoms with Crippen molar-refractivity contribution < 1.29 is 0 Å². The fourth-order valence-electron chi connectivity index (χ4n) is 1.80. The van der Waals surface area contributed by atoms with Crippen LogP contribution in [0.2, 0.25) is 0 Å². The van der Waals surface area contributed by atoms with E-state index < -0.39 is 0 Å². The maximum atomic E-state index is 6.27. The van der Waals surface area contributed by atoms with Crippen LogP contribution in [-0.4, -0.2) is 11.3 Å². The van der Waals surface area contributed by atoms with Gasteiger partial charge in [-0.25, -0.2) is 0 Å². The van der Waals surface area contributed by atoms with Gasteiger partial charge in [0.15, 0.2) is 0 Å². The number of rotatable bonds is 4. The topological polar surface area (TPSA) is 26.0 Å². The van der Waals surface area contributed by atoms with Crippen LogP contribution < -0.4 is 5.73 Å². The van der Waals surface area contributed by atoms with E-state index in [4.69, 9.17) is 5.73 Å². The van der Waals surface area contributed by atoms with Gasteiger partial charge < -0.3 is 5.73 Å². The smallest absolute Gasteiger partial charge is 0.0311 e. The number of nitrogens with two attached hydrogens (primary N) is 1. The lowest BCUT2D eigenvalue weighted by Gasteiger charge is -2.34. The molecule has 0 heterocycles. The Bertz CT molecular complexity index is 359. The molecule has 2 atom stereocenters. The largest absolute Gasteiger partial charge is 0.327 e. The maximum absolute atomic E-state index is 6.27. The predicted octanol–water partition coefficient (Wildman–Crippen LogP) is 4.69. The summed E-state index contributed by atoms with van der Waals surface area (Å²) in [5, 5.41) is 0.422. The molecule has 3 heteroatoms. The van der Waals surface area contributed by atoms with E-state index in [0.717, 1.165) is 10.9 Å². The van der Waals surface area contributed by atoms with Crippen LogP contribution in [0.25, 0.3) is 0 Å². The predicted molar refractivity (Wildman–Crippen MR) is 81.5 cm³/mol. The van der Waals surface area contributed by atoms with Crippen LogP contribution in [0.5, 0.6) is 0 Å².